The average Bonchev–Trinajstić information content (AvgIpc) is 2.73. The molecule has 0 aliphatic heterocycles. The summed E-state index contributed by atoms with van der Waals surface area (Å²) in [6, 6.07) is 6.00. The van der Waals surface area contributed by atoms with Crippen molar-refractivity contribution in [2.45, 2.75) is 13.0 Å². The molecular weight excluding hydrogens is 391 g/mol. The second-order valence-electron chi connectivity index (χ2n) is 6.39. The third-order valence-electron chi connectivity index (χ3n) is 4.36. The highest BCUT2D eigenvalue weighted by Gasteiger charge is 2.24. The van der Waals surface area contributed by atoms with Gasteiger partial charge in [0.2, 0.25) is 0 Å². The van der Waals surface area contributed by atoms with Crippen molar-refractivity contribution in [2.75, 3.05) is 26.7 Å². The highest BCUT2D eigenvalue weighted by Crippen LogP contribution is 2.32. The summed E-state index contributed by atoms with van der Waals surface area (Å²) in [7, 11) is 1.72. The molecule has 160 valence electrons. The van der Waals surface area contributed by atoms with Gasteiger partial charge < -0.3 is 25.4 Å². The molecule has 0 saturated heterocycles. The summed E-state index contributed by atoms with van der Waals surface area (Å²) in [5, 5.41) is 24.7. The van der Waals surface area contributed by atoms with Gasteiger partial charge in [-0.3, -0.25) is 14.6 Å². The number of benzene rings is 1. The van der Waals surface area contributed by atoms with Gasteiger partial charge in [-0.1, -0.05) is 18.2 Å². The van der Waals surface area contributed by atoms with Crippen molar-refractivity contribution in [3.63, 3.8) is 0 Å². The molecular formula is C21H25FN4O4. The number of pyridine rings is 1. The summed E-state index contributed by atoms with van der Waals surface area (Å²) < 4.78 is 14.4. The molecule has 2 rings (SSSR count). The molecule has 2 aromatic rings. The van der Waals surface area contributed by atoms with Crippen LogP contribution in [0.1, 0.15) is 21.6 Å². The standard InChI is InChI=1S/C21H25FN4O4/c1-23-10-12-26-16(5-3-4-14-6-8-15(22)9-7-14)18(24-2)19(28)17(21(26)30)20(29)25-11-13-27/h3,5-9,23,27-28H,2,4,10-13H2,1H3,(H,25,29)/b5-3+. The number of carbonyl (C=O) groups excluding carboxylic acids is 1. The molecule has 0 saturated carbocycles. The fourth-order valence-electron chi connectivity index (χ4n) is 2.87. The number of aliphatic imine (C=N–C) groups is 1. The van der Waals surface area contributed by atoms with Crippen LogP contribution >= 0.6 is 0 Å². The van der Waals surface area contributed by atoms with Crippen molar-refractivity contribution >= 4 is 24.4 Å². The minimum absolute atomic E-state index is 0.00444. The highest BCUT2D eigenvalue weighted by atomic mass is 19.1. The Labute approximate surface area is 173 Å². The van der Waals surface area contributed by atoms with Crippen LogP contribution in [0.15, 0.2) is 40.1 Å². The van der Waals surface area contributed by atoms with Gasteiger partial charge in [-0.25, -0.2) is 4.39 Å². The lowest BCUT2D eigenvalue weighted by Gasteiger charge is -2.16. The van der Waals surface area contributed by atoms with E-state index in [4.69, 9.17) is 5.11 Å². The first kappa shape index (κ1) is 23.0. The Morgan fingerprint density at radius 2 is 2.00 bits per heavy atom. The molecule has 8 nitrogen and oxygen atoms in total. The van der Waals surface area contributed by atoms with Crippen molar-refractivity contribution in [3.8, 4) is 5.75 Å². The third kappa shape index (κ3) is 5.40. The van der Waals surface area contributed by atoms with Gasteiger partial charge in [0.15, 0.2) is 5.75 Å². The highest BCUT2D eigenvalue weighted by molar-refractivity contribution is 5.98. The molecule has 1 amide bonds. The minimum atomic E-state index is -0.809. The third-order valence-corrected chi connectivity index (χ3v) is 4.36. The second-order valence-corrected chi connectivity index (χ2v) is 6.39. The Bertz CT molecular complexity index is 984. The molecule has 0 unspecified atom stereocenters. The number of likely N-dealkylation sites (N-methyl/N-ethyl adjacent to an activating group) is 1. The minimum Gasteiger partial charge on any atom is -0.505 e. The van der Waals surface area contributed by atoms with E-state index >= 15 is 0 Å². The van der Waals surface area contributed by atoms with Crippen LogP contribution in [0, 0.1) is 5.82 Å². The van der Waals surface area contributed by atoms with Gasteiger partial charge in [0, 0.05) is 19.6 Å². The Morgan fingerprint density at radius 3 is 2.60 bits per heavy atom. The van der Waals surface area contributed by atoms with Gasteiger partial charge in [-0.05, 0) is 44.0 Å². The van der Waals surface area contributed by atoms with Crippen LogP contribution in [0.3, 0.4) is 0 Å². The number of aliphatic hydroxyl groups is 1. The number of nitrogens with one attached hydrogen (secondary N) is 2. The fourth-order valence-corrected chi connectivity index (χ4v) is 2.87. The van der Waals surface area contributed by atoms with E-state index in [-0.39, 0.29) is 31.2 Å². The Balaban J connectivity index is 2.52. The van der Waals surface area contributed by atoms with Crippen molar-refractivity contribution < 1.29 is 19.4 Å². The number of rotatable bonds is 10. The normalized spacial score (nSPS) is 11.0. The first-order chi connectivity index (χ1) is 14.4. The van der Waals surface area contributed by atoms with Crippen LogP contribution < -0.4 is 16.2 Å². The van der Waals surface area contributed by atoms with Gasteiger partial charge in [0.25, 0.3) is 11.5 Å². The fraction of sp³-hybridized carbons (Fsp3) is 0.286. The first-order valence-corrected chi connectivity index (χ1v) is 9.35. The van der Waals surface area contributed by atoms with E-state index in [0.29, 0.717) is 18.7 Å². The summed E-state index contributed by atoms with van der Waals surface area (Å²) in [6.45, 7) is 3.73. The number of aromatic hydroxyl groups is 1. The summed E-state index contributed by atoms with van der Waals surface area (Å²) in [5.74, 6) is -1.72. The molecule has 1 heterocycles. The van der Waals surface area contributed by atoms with Crippen LogP contribution in [0.4, 0.5) is 10.1 Å². The largest absolute Gasteiger partial charge is 0.505 e. The average molecular weight is 416 g/mol. The SMILES string of the molecule is C=Nc1c(O)c(C(=O)NCCO)c(=O)n(CCNC)c1/C=C/Cc1ccc(F)cc1. The molecule has 0 radical (unpaired) electrons. The Morgan fingerprint density at radius 1 is 1.30 bits per heavy atom. The van der Waals surface area contributed by atoms with Crippen LogP contribution in [0.25, 0.3) is 6.08 Å². The van der Waals surface area contributed by atoms with E-state index < -0.39 is 22.8 Å². The van der Waals surface area contributed by atoms with Crippen molar-refractivity contribution in [2.24, 2.45) is 4.99 Å². The van der Waals surface area contributed by atoms with Crippen molar-refractivity contribution in [1.29, 1.82) is 0 Å². The van der Waals surface area contributed by atoms with Gasteiger partial charge in [0.1, 0.15) is 17.1 Å². The van der Waals surface area contributed by atoms with Gasteiger partial charge in [0.05, 0.1) is 12.3 Å². The van der Waals surface area contributed by atoms with E-state index in [0.717, 1.165) is 5.56 Å². The number of aromatic nitrogens is 1. The smallest absolute Gasteiger partial charge is 0.267 e. The monoisotopic (exact) mass is 416 g/mol. The van der Waals surface area contributed by atoms with Crippen LogP contribution in [-0.2, 0) is 13.0 Å². The van der Waals surface area contributed by atoms with Gasteiger partial charge in [-0.2, -0.15) is 0 Å². The predicted molar refractivity (Wildman–Crippen MR) is 114 cm³/mol. The van der Waals surface area contributed by atoms with Crippen LogP contribution in [-0.4, -0.2) is 54.1 Å². The zero-order valence-electron chi connectivity index (χ0n) is 16.7. The number of carbonyl (C=O) groups is 1. The number of halogens is 1. The zero-order chi connectivity index (χ0) is 22.1. The second kappa shape index (κ2) is 11.0. The maximum atomic E-state index is 13.1. The molecule has 0 fully saturated rings. The van der Waals surface area contributed by atoms with E-state index in [1.807, 2.05) is 0 Å². The molecule has 9 heteroatoms. The predicted octanol–water partition coefficient (Wildman–Crippen LogP) is 1.22. The summed E-state index contributed by atoms with van der Waals surface area (Å²) >= 11 is 0. The maximum absolute atomic E-state index is 13.1. The maximum Gasteiger partial charge on any atom is 0.267 e. The lowest BCUT2D eigenvalue weighted by atomic mass is 10.1. The Kier molecular flexibility index (Phi) is 8.45. The van der Waals surface area contributed by atoms with Crippen molar-refractivity contribution in [3.05, 3.63) is 63.3 Å². The molecule has 1 aromatic heterocycles. The van der Waals surface area contributed by atoms with Crippen LogP contribution in [0.5, 0.6) is 5.75 Å². The quantitative estimate of drug-likeness (QED) is 0.435. The summed E-state index contributed by atoms with van der Waals surface area (Å²) in [5.41, 5.74) is -0.00227. The molecule has 0 aliphatic carbocycles. The van der Waals surface area contributed by atoms with E-state index in [1.54, 1.807) is 31.3 Å². The number of hydrogen-bond donors (Lipinski definition) is 4. The van der Waals surface area contributed by atoms with Crippen LogP contribution in [0.2, 0.25) is 0 Å². The lowest BCUT2D eigenvalue weighted by molar-refractivity contribution is 0.0940. The molecule has 0 bridgehead atoms. The van der Waals surface area contributed by atoms with E-state index in [9.17, 15) is 19.1 Å². The van der Waals surface area contributed by atoms with E-state index in [1.165, 1.54) is 16.7 Å². The van der Waals surface area contributed by atoms with E-state index in [2.05, 4.69) is 22.3 Å². The topological polar surface area (TPSA) is 116 Å². The number of hydrogen-bond acceptors (Lipinski definition) is 6. The molecule has 1 aromatic carbocycles. The van der Waals surface area contributed by atoms with Crippen molar-refractivity contribution in [1.82, 2.24) is 15.2 Å². The van der Waals surface area contributed by atoms with Gasteiger partial charge in [-0.15, -0.1) is 0 Å². The number of amides is 1. The number of aliphatic hydroxyl groups excluding tert-OH is 1. The lowest BCUT2D eigenvalue weighted by Crippen LogP contribution is -2.36. The van der Waals surface area contributed by atoms with Gasteiger partial charge >= 0.3 is 0 Å². The molecule has 0 atom stereocenters. The Hall–Kier alpha value is -3.30. The summed E-state index contributed by atoms with van der Waals surface area (Å²) in [4.78, 5) is 29.2. The zero-order valence-corrected chi connectivity index (χ0v) is 16.7. The molecule has 4 N–H and O–H groups in total. The first-order valence-electron chi connectivity index (χ1n) is 9.35. The molecule has 0 spiro atoms. The molecule has 30 heavy (non-hydrogen) atoms. The number of allylic oxidation sites excluding steroid dienone is 1. The molecule has 0 aliphatic rings. The number of nitrogens with zero attached hydrogens (tertiary/aromatic N) is 2. The summed E-state index contributed by atoms with van der Waals surface area (Å²) in [6.07, 6.45) is 3.81.